The number of aliphatic hydroxyl groups is 1. The number of hydrogen-bond acceptors (Lipinski definition) is 4. The number of nitriles is 1. The van der Waals surface area contributed by atoms with Crippen LogP contribution in [0.3, 0.4) is 0 Å². The van der Waals surface area contributed by atoms with Crippen molar-refractivity contribution < 1.29 is 14.6 Å². The number of rotatable bonds is 4. The Labute approximate surface area is 123 Å². The van der Waals surface area contributed by atoms with E-state index in [2.05, 4.69) is 0 Å². The third-order valence-corrected chi connectivity index (χ3v) is 4.22. The van der Waals surface area contributed by atoms with Gasteiger partial charge in [0.05, 0.1) is 24.7 Å². The Morgan fingerprint density at radius 2 is 2.05 bits per heavy atom. The second-order valence-electron chi connectivity index (χ2n) is 5.97. The van der Waals surface area contributed by atoms with Gasteiger partial charge in [0.1, 0.15) is 11.4 Å². The molecular formula is C16H18N2O3. The average Bonchev–Trinajstić information content (AvgIpc) is 3.29. The molecule has 1 saturated heterocycles. The molecule has 1 amide bonds. The molecule has 3 rings (SSSR count). The smallest absolute Gasteiger partial charge is 0.263 e. The van der Waals surface area contributed by atoms with Crippen LogP contribution in [-0.2, 0) is 4.79 Å². The molecule has 1 aliphatic carbocycles. The molecule has 1 atom stereocenters. The first-order valence-electron chi connectivity index (χ1n) is 7.20. The molecule has 1 saturated carbocycles. The summed E-state index contributed by atoms with van der Waals surface area (Å²) in [5, 5.41) is 19.0. The maximum Gasteiger partial charge on any atom is 0.263 e. The van der Waals surface area contributed by atoms with Gasteiger partial charge < -0.3 is 14.7 Å². The molecule has 0 radical (unpaired) electrons. The second kappa shape index (κ2) is 5.05. The first kappa shape index (κ1) is 13.9. The number of amides is 1. The minimum Gasteiger partial charge on any atom is -0.481 e. The number of likely N-dealkylation sites (tertiary alicyclic amines) is 1. The van der Waals surface area contributed by atoms with Gasteiger partial charge in [-0.05, 0) is 49.9 Å². The minimum absolute atomic E-state index is 0.107. The normalized spacial score (nSPS) is 21.1. The predicted molar refractivity (Wildman–Crippen MR) is 75.5 cm³/mol. The van der Waals surface area contributed by atoms with Crippen LogP contribution in [-0.4, -0.2) is 40.7 Å². The molecule has 0 aromatic heterocycles. The van der Waals surface area contributed by atoms with Gasteiger partial charge in [0.15, 0.2) is 6.10 Å². The Kier molecular flexibility index (Phi) is 3.34. The quantitative estimate of drug-likeness (QED) is 0.905. The van der Waals surface area contributed by atoms with Crippen molar-refractivity contribution in [1.29, 1.82) is 5.26 Å². The van der Waals surface area contributed by atoms with Crippen LogP contribution in [0.1, 0.15) is 25.3 Å². The van der Waals surface area contributed by atoms with E-state index >= 15 is 0 Å². The molecule has 21 heavy (non-hydrogen) atoms. The van der Waals surface area contributed by atoms with Crippen molar-refractivity contribution in [2.75, 3.05) is 13.1 Å². The van der Waals surface area contributed by atoms with Crippen LogP contribution in [0.15, 0.2) is 24.3 Å². The molecule has 1 N–H and O–H groups in total. The number of carbonyl (C=O) groups excluding carboxylic acids is 1. The molecule has 2 fully saturated rings. The largest absolute Gasteiger partial charge is 0.481 e. The fourth-order valence-corrected chi connectivity index (χ4v) is 2.77. The number of benzene rings is 1. The van der Waals surface area contributed by atoms with Crippen molar-refractivity contribution in [1.82, 2.24) is 4.90 Å². The van der Waals surface area contributed by atoms with E-state index in [9.17, 15) is 9.90 Å². The van der Waals surface area contributed by atoms with Crippen LogP contribution in [0, 0.1) is 17.2 Å². The number of nitrogens with zero attached hydrogens (tertiary/aromatic N) is 2. The van der Waals surface area contributed by atoms with Crippen molar-refractivity contribution in [3.63, 3.8) is 0 Å². The fraction of sp³-hybridized carbons (Fsp3) is 0.500. The summed E-state index contributed by atoms with van der Waals surface area (Å²) in [4.78, 5) is 13.9. The number of β-amino-alcohol motifs (C(OH)–C–C–N with tert-alkyl or cyclic N) is 1. The summed E-state index contributed by atoms with van der Waals surface area (Å²) in [6, 6.07) is 8.70. The number of carbonyl (C=O) groups is 1. The van der Waals surface area contributed by atoms with E-state index in [1.165, 1.54) is 0 Å². The number of ether oxygens (including phenoxy) is 1. The molecule has 0 spiro atoms. The molecule has 1 unspecified atom stereocenters. The third-order valence-electron chi connectivity index (χ3n) is 4.22. The van der Waals surface area contributed by atoms with Crippen molar-refractivity contribution in [3.8, 4) is 11.8 Å². The summed E-state index contributed by atoms with van der Waals surface area (Å²) in [6.07, 6.45) is 1.53. The Morgan fingerprint density at radius 1 is 1.43 bits per heavy atom. The Bertz CT molecular complexity index is 581. The predicted octanol–water partition coefficient (Wildman–Crippen LogP) is 1.31. The Hall–Kier alpha value is -2.06. The van der Waals surface area contributed by atoms with Crippen molar-refractivity contribution in [2.45, 2.75) is 31.5 Å². The molecule has 0 bridgehead atoms. The maximum atomic E-state index is 12.2. The second-order valence-corrected chi connectivity index (χ2v) is 5.97. The summed E-state index contributed by atoms with van der Waals surface area (Å²) in [6.45, 7) is 2.53. The topological polar surface area (TPSA) is 73.6 Å². The minimum atomic E-state index is -0.663. The van der Waals surface area contributed by atoms with Crippen LogP contribution >= 0.6 is 0 Å². The zero-order chi connectivity index (χ0) is 15.0. The molecule has 1 heterocycles. The molecule has 5 heteroatoms. The van der Waals surface area contributed by atoms with Crippen LogP contribution in [0.2, 0.25) is 0 Å². The van der Waals surface area contributed by atoms with E-state index in [-0.39, 0.29) is 5.91 Å². The van der Waals surface area contributed by atoms with Crippen LogP contribution in [0.25, 0.3) is 0 Å². The number of hydrogen-bond donors (Lipinski definition) is 1. The van der Waals surface area contributed by atoms with Crippen LogP contribution in [0.5, 0.6) is 5.75 Å². The van der Waals surface area contributed by atoms with E-state index in [0.717, 1.165) is 12.8 Å². The average molecular weight is 286 g/mol. The third kappa shape index (κ3) is 2.72. The molecule has 5 nitrogen and oxygen atoms in total. The lowest BCUT2D eigenvalue weighted by molar-refractivity contribution is -0.165. The zero-order valence-electron chi connectivity index (χ0n) is 12.0. The lowest BCUT2D eigenvalue weighted by atomic mass is 9.88. The van der Waals surface area contributed by atoms with E-state index in [4.69, 9.17) is 10.00 Å². The first-order valence-corrected chi connectivity index (χ1v) is 7.20. The Morgan fingerprint density at radius 3 is 2.57 bits per heavy atom. The van der Waals surface area contributed by atoms with Gasteiger partial charge in [-0.3, -0.25) is 4.79 Å². The highest BCUT2D eigenvalue weighted by Gasteiger charge is 2.53. The van der Waals surface area contributed by atoms with Gasteiger partial charge in [-0.1, -0.05) is 0 Å². The molecular weight excluding hydrogens is 268 g/mol. The SMILES string of the molecule is CC(Oc1ccc(C#N)cc1)C(=O)N1CC(O)(C2CC2)C1. The standard InChI is InChI=1S/C16H18N2O3/c1-11(21-14-6-2-12(8-17)3-7-14)15(19)18-9-16(20,10-18)13-4-5-13/h2-3,6-7,11,13,20H,4-5,9-10H2,1H3. The molecule has 1 aromatic rings. The summed E-state index contributed by atoms with van der Waals surface area (Å²) in [7, 11) is 0. The van der Waals surface area contributed by atoms with Gasteiger partial charge in [0.2, 0.25) is 0 Å². The molecule has 1 aliphatic heterocycles. The lowest BCUT2D eigenvalue weighted by Gasteiger charge is -2.47. The van der Waals surface area contributed by atoms with E-state index in [0.29, 0.717) is 30.3 Å². The zero-order valence-corrected chi connectivity index (χ0v) is 12.0. The van der Waals surface area contributed by atoms with Crippen molar-refractivity contribution >= 4 is 5.91 Å². The Balaban J connectivity index is 1.54. The van der Waals surface area contributed by atoms with Gasteiger partial charge in [-0.15, -0.1) is 0 Å². The van der Waals surface area contributed by atoms with Gasteiger partial charge in [0.25, 0.3) is 5.91 Å². The van der Waals surface area contributed by atoms with Gasteiger partial charge in [-0.25, -0.2) is 0 Å². The summed E-state index contributed by atoms with van der Waals surface area (Å²) < 4.78 is 5.59. The maximum absolute atomic E-state index is 12.2. The van der Waals surface area contributed by atoms with Crippen LogP contribution in [0.4, 0.5) is 0 Å². The highest BCUT2D eigenvalue weighted by Crippen LogP contribution is 2.44. The highest BCUT2D eigenvalue weighted by molar-refractivity contribution is 5.82. The van der Waals surface area contributed by atoms with Gasteiger partial charge >= 0.3 is 0 Å². The first-order chi connectivity index (χ1) is 10.0. The molecule has 2 aliphatic rings. The molecule has 1 aromatic carbocycles. The summed E-state index contributed by atoms with van der Waals surface area (Å²) in [5.74, 6) is 0.828. The highest BCUT2D eigenvalue weighted by atomic mass is 16.5. The fourth-order valence-electron chi connectivity index (χ4n) is 2.77. The summed E-state index contributed by atoms with van der Waals surface area (Å²) >= 11 is 0. The lowest BCUT2D eigenvalue weighted by Crippen LogP contribution is -2.66. The van der Waals surface area contributed by atoms with Gasteiger partial charge in [0, 0.05) is 0 Å². The van der Waals surface area contributed by atoms with E-state index in [1.54, 1.807) is 36.1 Å². The monoisotopic (exact) mass is 286 g/mol. The van der Waals surface area contributed by atoms with Crippen LogP contribution < -0.4 is 4.74 Å². The van der Waals surface area contributed by atoms with Gasteiger partial charge in [-0.2, -0.15) is 5.26 Å². The van der Waals surface area contributed by atoms with E-state index < -0.39 is 11.7 Å². The van der Waals surface area contributed by atoms with E-state index in [1.807, 2.05) is 6.07 Å². The molecule has 110 valence electrons. The van der Waals surface area contributed by atoms with Crippen molar-refractivity contribution in [3.05, 3.63) is 29.8 Å². The van der Waals surface area contributed by atoms with Crippen molar-refractivity contribution in [2.24, 2.45) is 5.92 Å². The summed E-state index contributed by atoms with van der Waals surface area (Å²) in [5.41, 5.74) is -0.109.